The smallest absolute Gasteiger partial charge is 0.261 e. The van der Waals surface area contributed by atoms with Crippen LogP contribution < -0.4 is 19.5 Å². The van der Waals surface area contributed by atoms with Gasteiger partial charge < -0.3 is 19.5 Å². The predicted molar refractivity (Wildman–Crippen MR) is 112 cm³/mol. The van der Waals surface area contributed by atoms with Crippen molar-refractivity contribution in [2.45, 2.75) is 39.2 Å². The summed E-state index contributed by atoms with van der Waals surface area (Å²) < 4.78 is 16.4. The Morgan fingerprint density at radius 2 is 1.86 bits per heavy atom. The van der Waals surface area contributed by atoms with E-state index in [1.54, 1.807) is 26.4 Å². The molecule has 0 radical (unpaired) electrons. The third-order valence-corrected chi connectivity index (χ3v) is 4.88. The predicted octanol–water partition coefficient (Wildman–Crippen LogP) is 4.57. The van der Waals surface area contributed by atoms with E-state index in [-0.39, 0.29) is 5.91 Å². The maximum Gasteiger partial charge on any atom is 0.261 e. The number of methoxy groups -OCH3 is 2. The first-order valence-corrected chi connectivity index (χ1v) is 9.77. The van der Waals surface area contributed by atoms with Crippen molar-refractivity contribution in [2.75, 3.05) is 20.8 Å². The fourth-order valence-corrected chi connectivity index (χ4v) is 2.95. The Morgan fingerprint density at radius 1 is 1.11 bits per heavy atom. The van der Waals surface area contributed by atoms with Gasteiger partial charge in [0.15, 0.2) is 17.6 Å². The van der Waals surface area contributed by atoms with Gasteiger partial charge in [0.1, 0.15) is 5.75 Å². The first-order valence-electron chi connectivity index (χ1n) is 9.39. The summed E-state index contributed by atoms with van der Waals surface area (Å²) in [4.78, 5) is 12.4. The van der Waals surface area contributed by atoms with E-state index in [4.69, 9.17) is 25.8 Å². The summed E-state index contributed by atoms with van der Waals surface area (Å²) in [5.41, 5.74) is 2.05. The Morgan fingerprint density at radius 3 is 2.50 bits per heavy atom. The van der Waals surface area contributed by atoms with Crippen molar-refractivity contribution in [3.05, 3.63) is 52.5 Å². The van der Waals surface area contributed by atoms with Crippen molar-refractivity contribution < 1.29 is 19.0 Å². The maximum atomic E-state index is 12.4. The highest BCUT2D eigenvalue weighted by atomic mass is 35.5. The number of ether oxygens (including phenoxy) is 3. The first kappa shape index (κ1) is 21.9. The lowest BCUT2D eigenvalue weighted by atomic mass is 10.1. The molecule has 6 heteroatoms. The van der Waals surface area contributed by atoms with E-state index in [0.717, 1.165) is 24.0 Å². The zero-order chi connectivity index (χ0) is 20.5. The standard InChI is InChI=1S/C22H28ClNO4/c1-5-19(28-17-9-10-18(23)15(2)13-17)22(25)24-12-6-7-16-8-11-20(26-3)21(14-16)27-4/h8-11,13-14,19H,5-7,12H2,1-4H3,(H,24,25). The minimum atomic E-state index is -0.526. The summed E-state index contributed by atoms with van der Waals surface area (Å²) in [6.07, 6.45) is 1.71. The third-order valence-electron chi connectivity index (χ3n) is 4.46. The second-order valence-corrected chi connectivity index (χ2v) is 6.92. The van der Waals surface area contributed by atoms with Crippen LogP contribution in [0.4, 0.5) is 0 Å². The van der Waals surface area contributed by atoms with Crippen molar-refractivity contribution in [3.8, 4) is 17.2 Å². The SMILES string of the molecule is CCC(Oc1ccc(Cl)c(C)c1)C(=O)NCCCc1ccc(OC)c(OC)c1. The number of benzene rings is 2. The number of nitrogens with one attached hydrogen (secondary N) is 1. The zero-order valence-electron chi connectivity index (χ0n) is 16.9. The zero-order valence-corrected chi connectivity index (χ0v) is 17.6. The number of carbonyl (C=O) groups excluding carboxylic acids is 1. The van der Waals surface area contributed by atoms with Crippen molar-refractivity contribution in [2.24, 2.45) is 0 Å². The molecule has 2 rings (SSSR count). The summed E-state index contributed by atoms with van der Waals surface area (Å²) in [7, 11) is 3.24. The van der Waals surface area contributed by atoms with Crippen molar-refractivity contribution in [3.63, 3.8) is 0 Å². The second-order valence-electron chi connectivity index (χ2n) is 6.51. The Kier molecular flexibility index (Phi) is 8.45. The normalized spacial score (nSPS) is 11.6. The Bertz CT molecular complexity index is 794. The number of rotatable bonds is 10. The van der Waals surface area contributed by atoms with Gasteiger partial charge >= 0.3 is 0 Å². The van der Waals surface area contributed by atoms with E-state index in [1.807, 2.05) is 38.1 Å². The maximum absolute atomic E-state index is 12.4. The number of hydrogen-bond donors (Lipinski definition) is 1. The monoisotopic (exact) mass is 405 g/mol. The lowest BCUT2D eigenvalue weighted by Crippen LogP contribution is -2.38. The topological polar surface area (TPSA) is 56.8 Å². The largest absolute Gasteiger partial charge is 0.493 e. The molecule has 0 aromatic heterocycles. The first-order chi connectivity index (χ1) is 13.5. The van der Waals surface area contributed by atoms with Gasteiger partial charge in [-0.05, 0) is 67.6 Å². The third kappa shape index (κ3) is 6.06. The van der Waals surface area contributed by atoms with Crippen molar-refractivity contribution in [1.82, 2.24) is 5.32 Å². The molecule has 0 spiro atoms. The molecule has 1 atom stereocenters. The van der Waals surface area contributed by atoms with Gasteiger partial charge in [0.2, 0.25) is 0 Å². The lowest BCUT2D eigenvalue weighted by molar-refractivity contribution is -0.128. The Balaban J connectivity index is 1.82. The molecule has 2 aromatic carbocycles. The molecule has 0 aliphatic rings. The molecule has 1 amide bonds. The van der Waals surface area contributed by atoms with Gasteiger partial charge in [-0.15, -0.1) is 0 Å². The molecule has 0 aliphatic carbocycles. The van der Waals surface area contributed by atoms with Gasteiger partial charge in [-0.3, -0.25) is 4.79 Å². The average Bonchev–Trinajstić information content (AvgIpc) is 2.71. The quantitative estimate of drug-likeness (QED) is 0.588. The molecule has 0 saturated carbocycles. The van der Waals surface area contributed by atoms with E-state index >= 15 is 0 Å². The summed E-state index contributed by atoms with van der Waals surface area (Å²) in [6, 6.07) is 11.3. The Hall–Kier alpha value is -2.40. The van der Waals surface area contributed by atoms with Gasteiger partial charge in [-0.1, -0.05) is 24.6 Å². The molecule has 1 unspecified atom stereocenters. The van der Waals surface area contributed by atoms with Crippen LogP contribution in [0.1, 0.15) is 30.9 Å². The van der Waals surface area contributed by atoms with Crippen LogP contribution in [-0.2, 0) is 11.2 Å². The number of amides is 1. The average molecular weight is 406 g/mol. The molecule has 0 fully saturated rings. The molecule has 1 N–H and O–H groups in total. The van der Waals surface area contributed by atoms with Crippen LogP contribution in [0.5, 0.6) is 17.2 Å². The van der Waals surface area contributed by atoms with Crippen LogP contribution in [-0.4, -0.2) is 32.8 Å². The van der Waals surface area contributed by atoms with Crippen molar-refractivity contribution in [1.29, 1.82) is 0 Å². The molecule has 0 heterocycles. The molecule has 0 aliphatic heterocycles. The van der Waals surface area contributed by atoms with Crippen LogP contribution in [0.3, 0.4) is 0 Å². The number of aryl methyl sites for hydroxylation is 2. The van der Waals surface area contributed by atoms with Gasteiger partial charge in [-0.25, -0.2) is 0 Å². The lowest BCUT2D eigenvalue weighted by Gasteiger charge is -2.18. The molecular weight excluding hydrogens is 378 g/mol. The molecule has 0 saturated heterocycles. The van der Waals surface area contributed by atoms with E-state index in [1.165, 1.54) is 0 Å². The van der Waals surface area contributed by atoms with Crippen molar-refractivity contribution >= 4 is 17.5 Å². The van der Waals surface area contributed by atoms with Crippen LogP contribution in [0.2, 0.25) is 5.02 Å². The Labute approximate surface area is 171 Å². The van der Waals surface area contributed by atoms with Crippen LogP contribution in [0, 0.1) is 6.92 Å². The van der Waals surface area contributed by atoms with Gasteiger partial charge in [-0.2, -0.15) is 0 Å². The van der Waals surface area contributed by atoms with E-state index < -0.39 is 6.10 Å². The molecule has 5 nitrogen and oxygen atoms in total. The fourth-order valence-electron chi connectivity index (χ4n) is 2.83. The number of hydrogen-bond acceptors (Lipinski definition) is 4. The molecular formula is C22H28ClNO4. The minimum Gasteiger partial charge on any atom is -0.493 e. The number of carbonyl (C=O) groups is 1. The molecule has 2 aromatic rings. The highest BCUT2D eigenvalue weighted by molar-refractivity contribution is 6.31. The van der Waals surface area contributed by atoms with Gasteiger partial charge in [0.05, 0.1) is 14.2 Å². The van der Waals surface area contributed by atoms with E-state index in [2.05, 4.69) is 5.32 Å². The van der Waals surface area contributed by atoms with Crippen LogP contribution >= 0.6 is 11.6 Å². The second kappa shape index (κ2) is 10.8. The van der Waals surface area contributed by atoms with Crippen LogP contribution in [0.25, 0.3) is 0 Å². The van der Waals surface area contributed by atoms with E-state index in [0.29, 0.717) is 35.2 Å². The molecule has 28 heavy (non-hydrogen) atoms. The highest BCUT2D eigenvalue weighted by Gasteiger charge is 2.18. The van der Waals surface area contributed by atoms with Gasteiger partial charge in [0.25, 0.3) is 5.91 Å². The number of halogens is 1. The summed E-state index contributed by atoms with van der Waals surface area (Å²) in [6.45, 7) is 4.41. The molecule has 152 valence electrons. The summed E-state index contributed by atoms with van der Waals surface area (Å²) in [5.74, 6) is 1.96. The van der Waals surface area contributed by atoms with E-state index in [9.17, 15) is 4.79 Å². The minimum absolute atomic E-state index is 0.109. The molecule has 0 bridgehead atoms. The fraction of sp³-hybridized carbons (Fsp3) is 0.409. The summed E-state index contributed by atoms with van der Waals surface area (Å²) in [5, 5.41) is 3.64. The summed E-state index contributed by atoms with van der Waals surface area (Å²) >= 11 is 6.03. The highest BCUT2D eigenvalue weighted by Crippen LogP contribution is 2.28. The van der Waals surface area contributed by atoms with Gasteiger partial charge in [0, 0.05) is 11.6 Å². The van der Waals surface area contributed by atoms with Crippen LogP contribution in [0.15, 0.2) is 36.4 Å².